The first kappa shape index (κ1) is 21.6. The molecule has 0 aliphatic heterocycles. The number of fused-ring (bicyclic) bond motifs is 1. The first-order valence-electron chi connectivity index (χ1n) is 9.62. The van der Waals surface area contributed by atoms with Crippen LogP contribution in [0, 0.1) is 11.8 Å². The second-order valence-electron chi connectivity index (χ2n) is 7.17. The molecular weight excluding hydrogens is 448 g/mol. The van der Waals surface area contributed by atoms with E-state index in [1.807, 2.05) is 18.2 Å². The van der Waals surface area contributed by atoms with E-state index in [0.717, 1.165) is 10.1 Å². The quantitative estimate of drug-likeness (QED) is 0.466. The molecule has 6 nitrogen and oxygen atoms in total. The molecule has 8 heteroatoms. The number of carboxylic acid groups (broad SMARTS) is 1. The monoisotopic (exact) mass is 464 g/mol. The third-order valence-electron chi connectivity index (χ3n) is 4.95. The van der Waals surface area contributed by atoms with E-state index < -0.39 is 17.2 Å². The summed E-state index contributed by atoms with van der Waals surface area (Å²) in [6.07, 6.45) is 0.518. The molecule has 0 amide bonds. The van der Waals surface area contributed by atoms with Gasteiger partial charge < -0.3 is 5.11 Å². The zero-order valence-corrected chi connectivity index (χ0v) is 18.5. The molecule has 0 fully saturated rings. The van der Waals surface area contributed by atoms with E-state index in [2.05, 4.69) is 11.8 Å². The van der Waals surface area contributed by atoms with Gasteiger partial charge in [-0.3, -0.25) is 13.9 Å². The van der Waals surface area contributed by atoms with E-state index in [1.54, 1.807) is 31.3 Å². The highest BCUT2D eigenvalue weighted by molar-refractivity contribution is 7.19. The number of aromatic nitrogens is 2. The van der Waals surface area contributed by atoms with Crippen LogP contribution in [0.5, 0.6) is 0 Å². The van der Waals surface area contributed by atoms with E-state index >= 15 is 0 Å². The fourth-order valence-electron chi connectivity index (χ4n) is 3.30. The molecule has 4 rings (SSSR count). The van der Waals surface area contributed by atoms with Crippen molar-refractivity contribution in [3.63, 3.8) is 0 Å². The number of aryl methyl sites for hydroxylation is 1. The predicted molar refractivity (Wildman–Crippen MR) is 126 cm³/mol. The average molecular weight is 465 g/mol. The number of aromatic carboxylic acids is 1. The van der Waals surface area contributed by atoms with Gasteiger partial charge >= 0.3 is 11.7 Å². The second kappa shape index (κ2) is 8.87. The van der Waals surface area contributed by atoms with Crippen LogP contribution in [0.15, 0.2) is 64.2 Å². The lowest BCUT2D eigenvalue weighted by atomic mass is 10.1. The molecule has 0 saturated heterocycles. The molecule has 160 valence electrons. The maximum Gasteiger partial charge on any atom is 0.335 e. The standard InChI is InChI=1S/C24H17ClN2O4S/c1-26-22-20(13-19(32-22)7-3-5-15-4-2-6-18(25)12-15)21(28)27(24(26)31)14-16-8-10-17(11-9-16)23(29)30/h2,4,6,8-13H,5,14H2,1H3,(H,29,30). The van der Waals surface area contributed by atoms with E-state index in [9.17, 15) is 14.4 Å². The minimum absolute atomic E-state index is 0.0486. The summed E-state index contributed by atoms with van der Waals surface area (Å²) in [6, 6.07) is 15.3. The molecule has 0 unspecified atom stereocenters. The van der Waals surface area contributed by atoms with Gasteiger partial charge in [-0.05, 0) is 41.5 Å². The Kier molecular flexibility index (Phi) is 5.99. The van der Waals surface area contributed by atoms with Gasteiger partial charge in [0.05, 0.1) is 22.4 Å². The van der Waals surface area contributed by atoms with Crippen LogP contribution in [0.25, 0.3) is 10.2 Å². The molecule has 0 spiro atoms. The normalized spacial score (nSPS) is 10.7. The number of carboxylic acids is 1. The van der Waals surface area contributed by atoms with Gasteiger partial charge in [0.25, 0.3) is 5.56 Å². The van der Waals surface area contributed by atoms with Crippen LogP contribution < -0.4 is 11.2 Å². The maximum atomic E-state index is 13.0. The van der Waals surface area contributed by atoms with Crippen LogP contribution in [0.3, 0.4) is 0 Å². The second-order valence-corrected chi connectivity index (χ2v) is 8.64. The van der Waals surface area contributed by atoms with Gasteiger partial charge in [-0.2, -0.15) is 0 Å². The lowest BCUT2D eigenvalue weighted by Gasteiger charge is -2.08. The predicted octanol–water partition coefficient (Wildman–Crippen LogP) is 3.76. The van der Waals surface area contributed by atoms with Crippen molar-refractivity contribution in [2.24, 2.45) is 7.05 Å². The van der Waals surface area contributed by atoms with Crippen LogP contribution >= 0.6 is 22.9 Å². The van der Waals surface area contributed by atoms with Crippen molar-refractivity contribution < 1.29 is 9.90 Å². The van der Waals surface area contributed by atoms with Gasteiger partial charge in [0.15, 0.2) is 0 Å². The van der Waals surface area contributed by atoms with Crippen molar-refractivity contribution in [1.82, 2.24) is 9.13 Å². The molecule has 1 N–H and O–H groups in total. The van der Waals surface area contributed by atoms with Crippen molar-refractivity contribution in [3.05, 3.63) is 102 Å². The lowest BCUT2D eigenvalue weighted by Crippen LogP contribution is -2.38. The first-order valence-corrected chi connectivity index (χ1v) is 10.8. The molecule has 0 atom stereocenters. The zero-order chi connectivity index (χ0) is 22.8. The Bertz CT molecular complexity index is 1520. The average Bonchev–Trinajstić information content (AvgIpc) is 3.20. The van der Waals surface area contributed by atoms with Crippen LogP contribution in [0.1, 0.15) is 26.4 Å². The number of halogens is 1. The van der Waals surface area contributed by atoms with Gasteiger partial charge in [-0.25, -0.2) is 9.59 Å². The van der Waals surface area contributed by atoms with Crippen LogP contribution in [0.4, 0.5) is 0 Å². The summed E-state index contributed by atoms with van der Waals surface area (Å²) in [5, 5.41) is 10.1. The number of hydrogen-bond donors (Lipinski definition) is 1. The minimum Gasteiger partial charge on any atom is -0.478 e. The lowest BCUT2D eigenvalue weighted by molar-refractivity contribution is 0.0697. The van der Waals surface area contributed by atoms with Crippen molar-refractivity contribution >= 4 is 39.1 Å². The van der Waals surface area contributed by atoms with Gasteiger partial charge in [-0.15, -0.1) is 11.3 Å². The van der Waals surface area contributed by atoms with Crippen LogP contribution in [-0.4, -0.2) is 20.2 Å². The molecule has 0 saturated carbocycles. The summed E-state index contributed by atoms with van der Waals surface area (Å²) in [4.78, 5) is 38.1. The number of thiophene rings is 1. The number of hydrogen-bond acceptors (Lipinski definition) is 4. The van der Waals surface area contributed by atoms with Crippen LogP contribution in [0.2, 0.25) is 5.02 Å². The van der Waals surface area contributed by atoms with Crippen molar-refractivity contribution in [1.29, 1.82) is 0 Å². The van der Waals surface area contributed by atoms with Gasteiger partial charge in [0.2, 0.25) is 0 Å². The topological polar surface area (TPSA) is 81.3 Å². The molecule has 32 heavy (non-hydrogen) atoms. The summed E-state index contributed by atoms with van der Waals surface area (Å²) >= 11 is 7.29. The van der Waals surface area contributed by atoms with Crippen molar-refractivity contribution in [2.45, 2.75) is 13.0 Å². The molecule has 0 radical (unpaired) electrons. The number of carbonyl (C=O) groups is 1. The molecule has 4 aromatic rings. The highest BCUT2D eigenvalue weighted by atomic mass is 35.5. The summed E-state index contributed by atoms with van der Waals surface area (Å²) in [7, 11) is 1.62. The summed E-state index contributed by atoms with van der Waals surface area (Å²) in [5.74, 6) is 5.12. The van der Waals surface area contributed by atoms with E-state index in [-0.39, 0.29) is 12.1 Å². The smallest absolute Gasteiger partial charge is 0.335 e. The Labute approximate surface area is 191 Å². The molecule has 2 aromatic carbocycles. The van der Waals surface area contributed by atoms with E-state index in [1.165, 1.54) is 28.0 Å². The SMILES string of the molecule is Cn1c(=O)n(Cc2ccc(C(=O)O)cc2)c(=O)c2cc(C#CCc3cccc(Cl)c3)sc21. The molecule has 0 aliphatic carbocycles. The Balaban J connectivity index is 1.67. The molecule has 2 heterocycles. The van der Waals surface area contributed by atoms with E-state index in [0.29, 0.717) is 32.1 Å². The van der Waals surface area contributed by atoms with Crippen molar-refractivity contribution in [2.75, 3.05) is 0 Å². The number of nitrogens with zero attached hydrogens (tertiary/aromatic N) is 2. The van der Waals surface area contributed by atoms with E-state index in [4.69, 9.17) is 16.7 Å². The highest BCUT2D eigenvalue weighted by Gasteiger charge is 2.14. The Morgan fingerprint density at radius 1 is 1.09 bits per heavy atom. The molecule has 2 aromatic heterocycles. The van der Waals surface area contributed by atoms with Crippen LogP contribution in [-0.2, 0) is 20.0 Å². The Morgan fingerprint density at radius 3 is 2.53 bits per heavy atom. The third-order valence-corrected chi connectivity index (χ3v) is 6.31. The minimum atomic E-state index is -1.03. The van der Waals surface area contributed by atoms with Gasteiger partial charge in [0, 0.05) is 18.5 Å². The maximum absolute atomic E-state index is 13.0. The summed E-state index contributed by atoms with van der Waals surface area (Å²) in [6.45, 7) is 0.0486. The number of rotatable bonds is 4. The zero-order valence-electron chi connectivity index (χ0n) is 17.0. The Morgan fingerprint density at radius 2 is 1.84 bits per heavy atom. The number of benzene rings is 2. The third kappa shape index (κ3) is 4.37. The summed E-state index contributed by atoms with van der Waals surface area (Å²) < 4.78 is 2.59. The molecular formula is C24H17ClN2O4S. The largest absolute Gasteiger partial charge is 0.478 e. The van der Waals surface area contributed by atoms with Gasteiger partial charge in [0.1, 0.15) is 4.83 Å². The van der Waals surface area contributed by atoms with Crippen molar-refractivity contribution in [3.8, 4) is 11.8 Å². The Hall–Kier alpha value is -3.60. The molecule has 0 bridgehead atoms. The fourth-order valence-corrected chi connectivity index (χ4v) is 4.49. The fraction of sp³-hybridized carbons (Fsp3) is 0.125. The summed E-state index contributed by atoms with van der Waals surface area (Å²) in [5.41, 5.74) is 0.957. The molecule has 0 aliphatic rings. The highest BCUT2D eigenvalue weighted by Crippen LogP contribution is 2.21. The van der Waals surface area contributed by atoms with Gasteiger partial charge in [-0.1, -0.05) is 47.7 Å². The first-order chi connectivity index (χ1) is 15.3.